The minimum Gasteiger partial charge on any atom is -0.310 e. The summed E-state index contributed by atoms with van der Waals surface area (Å²) in [5, 5.41) is 4.38. The molecule has 1 aromatic carbocycles. The molecule has 1 aliphatic rings. The minimum atomic E-state index is 0.724. The monoisotopic (exact) mass is 277 g/mol. The molecule has 1 aromatic heterocycles. The molecule has 0 aliphatic heterocycles. The first-order valence-corrected chi connectivity index (χ1v) is 7.50. The van der Waals surface area contributed by atoms with Gasteiger partial charge in [0.15, 0.2) is 0 Å². The number of hydrogen-bond donors (Lipinski definition) is 1. The first-order chi connectivity index (χ1) is 8.72. The van der Waals surface area contributed by atoms with Crippen LogP contribution in [0.5, 0.6) is 0 Å². The van der Waals surface area contributed by atoms with Crippen molar-refractivity contribution >= 4 is 22.9 Å². The minimum absolute atomic E-state index is 0.724. The van der Waals surface area contributed by atoms with Crippen LogP contribution in [0.4, 0.5) is 0 Å². The highest BCUT2D eigenvalue weighted by molar-refractivity contribution is 7.15. The lowest BCUT2D eigenvalue weighted by molar-refractivity contribution is 0.689. The molecule has 1 nitrogen and oxygen atoms in total. The summed E-state index contributed by atoms with van der Waals surface area (Å²) in [4.78, 5) is 2.68. The fourth-order valence-electron chi connectivity index (χ4n) is 2.07. The van der Waals surface area contributed by atoms with Gasteiger partial charge in [-0.05, 0) is 55.2 Å². The van der Waals surface area contributed by atoms with Gasteiger partial charge in [-0.15, -0.1) is 11.3 Å². The van der Waals surface area contributed by atoms with Gasteiger partial charge in [-0.25, -0.2) is 0 Å². The number of aryl methyl sites for hydroxylation is 1. The quantitative estimate of drug-likeness (QED) is 0.859. The van der Waals surface area contributed by atoms with E-state index in [9.17, 15) is 0 Å². The van der Waals surface area contributed by atoms with Gasteiger partial charge < -0.3 is 5.32 Å². The molecule has 0 unspecified atom stereocenters. The molecule has 1 N–H and O–H groups in total. The molecular formula is C15H16ClNS. The van der Waals surface area contributed by atoms with E-state index in [1.54, 1.807) is 0 Å². The van der Waals surface area contributed by atoms with Crippen LogP contribution in [0.2, 0.25) is 5.02 Å². The summed E-state index contributed by atoms with van der Waals surface area (Å²) in [6.45, 7) is 3.06. The highest BCUT2D eigenvalue weighted by atomic mass is 35.5. The van der Waals surface area contributed by atoms with E-state index >= 15 is 0 Å². The standard InChI is InChI=1S/C15H16ClNS/c1-10-2-7-15(18-10)14-6-3-12(16)8-11(14)9-17-13-4-5-13/h2-3,6-8,13,17H,4-5,9H2,1H3. The Morgan fingerprint density at radius 3 is 2.78 bits per heavy atom. The molecule has 3 rings (SSSR count). The molecule has 0 saturated heterocycles. The lowest BCUT2D eigenvalue weighted by atomic mass is 10.1. The normalized spacial score (nSPS) is 15.0. The molecule has 0 amide bonds. The van der Waals surface area contributed by atoms with Crippen molar-refractivity contribution in [2.45, 2.75) is 32.4 Å². The van der Waals surface area contributed by atoms with Crippen molar-refractivity contribution in [3.63, 3.8) is 0 Å². The van der Waals surface area contributed by atoms with E-state index in [4.69, 9.17) is 11.6 Å². The Bertz CT molecular complexity index is 557. The summed E-state index contributed by atoms with van der Waals surface area (Å²) in [5.41, 5.74) is 2.61. The fraction of sp³-hybridized carbons (Fsp3) is 0.333. The topological polar surface area (TPSA) is 12.0 Å². The number of hydrogen-bond acceptors (Lipinski definition) is 2. The molecule has 0 atom stereocenters. The average Bonchev–Trinajstić information content (AvgIpc) is 3.08. The lowest BCUT2D eigenvalue weighted by Gasteiger charge is -2.09. The van der Waals surface area contributed by atoms with Gasteiger partial charge in [0.05, 0.1) is 0 Å². The second-order valence-corrected chi connectivity index (χ2v) is 6.59. The summed E-state index contributed by atoms with van der Waals surface area (Å²) < 4.78 is 0. The Kier molecular flexibility index (Phi) is 3.42. The third-order valence-corrected chi connectivity index (χ3v) is 4.50. The van der Waals surface area contributed by atoms with E-state index in [1.807, 2.05) is 17.4 Å². The van der Waals surface area contributed by atoms with Crippen LogP contribution in [0.25, 0.3) is 10.4 Å². The number of thiophene rings is 1. The van der Waals surface area contributed by atoms with Gasteiger partial charge >= 0.3 is 0 Å². The zero-order valence-corrected chi connectivity index (χ0v) is 11.9. The second kappa shape index (κ2) is 5.04. The summed E-state index contributed by atoms with van der Waals surface area (Å²) in [6.07, 6.45) is 2.63. The van der Waals surface area contributed by atoms with E-state index in [-0.39, 0.29) is 0 Å². The molecule has 0 bridgehead atoms. The van der Waals surface area contributed by atoms with Crippen molar-refractivity contribution in [1.82, 2.24) is 5.32 Å². The van der Waals surface area contributed by atoms with Crippen LogP contribution in [-0.2, 0) is 6.54 Å². The Balaban J connectivity index is 1.91. The van der Waals surface area contributed by atoms with Gasteiger partial charge in [0.2, 0.25) is 0 Å². The van der Waals surface area contributed by atoms with Gasteiger partial charge in [-0.1, -0.05) is 17.7 Å². The number of rotatable bonds is 4. The smallest absolute Gasteiger partial charge is 0.0409 e. The van der Waals surface area contributed by atoms with E-state index in [2.05, 4.69) is 36.5 Å². The van der Waals surface area contributed by atoms with E-state index < -0.39 is 0 Å². The highest BCUT2D eigenvalue weighted by Crippen LogP contribution is 2.32. The van der Waals surface area contributed by atoms with Crippen molar-refractivity contribution in [1.29, 1.82) is 0 Å². The van der Waals surface area contributed by atoms with Gasteiger partial charge in [0.1, 0.15) is 0 Å². The maximum absolute atomic E-state index is 6.12. The lowest BCUT2D eigenvalue weighted by Crippen LogP contribution is -2.15. The summed E-state index contributed by atoms with van der Waals surface area (Å²) in [6, 6.07) is 11.3. The average molecular weight is 278 g/mol. The molecule has 0 spiro atoms. The maximum atomic E-state index is 6.12. The van der Waals surface area contributed by atoms with Crippen LogP contribution < -0.4 is 5.32 Å². The van der Waals surface area contributed by atoms with Crippen LogP contribution in [0, 0.1) is 6.92 Å². The third kappa shape index (κ3) is 2.77. The van der Waals surface area contributed by atoms with Gasteiger partial charge in [0, 0.05) is 27.4 Å². The van der Waals surface area contributed by atoms with Gasteiger partial charge in [-0.2, -0.15) is 0 Å². The number of nitrogens with one attached hydrogen (secondary N) is 1. The van der Waals surface area contributed by atoms with Crippen molar-refractivity contribution in [3.8, 4) is 10.4 Å². The van der Waals surface area contributed by atoms with Crippen LogP contribution in [0.15, 0.2) is 30.3 Å². The first-order valence-electron chi connectivity index (χ1n) is 6.31. The van der Waals surface area contributed by atoms with Crippen LogP contribution >= 0.6 is 22.9 Å². The molecule has 3 heteroatoms. The van der Waals surface area contributed by atoms with Crippen molar-refractivity contribution in [2.24, 2.45) is 0 Å². The predicted molar refractivity (Wildman–Crippen MR) is 79.4 cm³/mol. The largest absolute Gasteiger partial charge is 0.310 e. The molecule has 2 aromatic rings. The Morgan fingerprint density at radius 1 is 1.28 bits per heavy atom. The number of benzene rings is 1. The van der Waals surface area contributed by atoms with Crippen LogP contribution in [0.1, 0.15) is 23.3 Å². The van der Waals surface area contributed by atoms with Gasteiger partial charge in [-0.3, -0.25) is 0 Å². The zero-order valence-electron chi connectivity index (χ0n) is 10.4. The van der Waals surface area contributed by atoms with E-state index in [0.717, 1.165) is 17.6 Å². The summed E-state index contributed by atoms with van der Waals surface area (Å²) in [7, 11) is 0. The Labute approximate surface area is 117 Å². The molecule has 0 radical (unpaired) electrons. The van der Waals surface area contributed by atoms with Gasteiger partial charge in [0.25, 0.3) is 0 Å². The van der Waals surface area contributed by atoms with Crippen molar-refractivity contribution < 1.29 is 0 Å². The molecule has 1 fully saturated rings. The third-order valence-electron chi connectivity index (χ3n) is 3.23. The van der Waals surface area contributed by atoms with Crippen LogP contribution in [-0.4, -0.2) is 6.04 Å². The molecule has 1 heterocycles. The maximum Gasteiger partial charge on any atom is 0.0409 e. The Hall–Kier alpha value is -0.830. The summed E-state index contributed by atoms with van der Waals surface area (Å²) >= 11 is 7.96. The zero-order chi connectivity index (χ0) is 12.5. The SMILES string of the molecule is Cc1ccc(-c2ccc(Cl)cc2CNC2CC2)s1. The molecule has 1 saturated carbocycles. The van der Waals surface area contributed by atoms with Crippen molar-refractivity contribution in [2.75, 3.05) is 0 Å². The first kappa shape index (κ1) is 12.2. The number of halogens is 1. The van der Waals surface area contributed by atoms with Crippen molar-refractivity contribution in [3.05, 3.63) is 45.8 Å². The molecule has 94 valence electrons. The van der Waals surface area contributed by atoms with Crippen LogP contribution in [0.3, 0.4) is 0 Å². The van der Waals surface area contributed by atoms with E-state index in [0.29, 0.717) is 0 Å². The fourth-order valence-corrected chi connectivity index (χ4v) is 3.19. The summed E-state index contributed by atoms with van der Waals surface area (Å²) in [5.74, 6) is 0. The highest BCUT2D eigenvalue weighted by Gasteiger charge is 2.20. The molecule has 18 heavy (non-hydrogen) atoms. The molecular weight excluding hydrogens is 262 g/mol. The second-order valence-electron chi connectivity index (χ2n) is 4.87. The molecule has 1 aliphatic carbocycles. The van der Waals surface area contributed by atoms with E-state index in [1.165, 1.54) is 33.7 Å². The Morgan fingerprint density at radius 2 is 2.11 bits per heavy atom. The predicted octanol–water partition coefficient (Wildman–Crippen LogP) is 4.63.